The largest absolute Gasteiger partial charge is 0.342 e. The molecule has 112 valence electrons. The molecule has 1 fully saturated rings. The summed E-state index contributed by atoms with van der Waals surface area (Å²) in [6.07, 6.45) is 1.92. The third kappa shape index (κ3) is 3.34. The summed E-state index contributed by atoms with van der Waals surface area (Å²) in [6.45, 7) is 1.37. The monoisotopic (exact) mass is 311 g/mol. The first-order chi connectivity index (χ1) is 10.8. The number of thiazole rings is 1. The number of amides is 1. The maximum Gasteiger partial charge on any atom is 0.228 e. The first-order valence-electron chi connectivity index (χ1n) is 7.43. The second-order valence-electron chi connectivity index (χ2n) is 5.47. The van der Waals surface area contributed by atoms with E-state index in [0.29, 0.717) is 19.5 Å². The molecule has 1 saturated heterocycles. The highest BCUT2D eigenvalue weighted by Crippen LogP contribution is 2.24. The molecule has 0 atom stereocenters. The van der Waals surface area contributed by atoms with E-state index in [4.69, 9.17) is 5.26 Å². The number of hydrogen-bond donors (Lipinski definition) is 0. The van der Waals surface area contributed by atoms with Gasteiger partial charge in [0.2, 0.25) is 5.91 Å². The van der Waals surface area contributed by atoms with Crippen LogP contribution in [0.25, 0.3) is 10.6 Å². The fourth-order valence-electron chi connectivity index (χ4n) is 2.63. The van der Waals surface area contributed by atoms with Gasteiger partial charge in [-0.3, -0.25) is 4.79 Å². The van der Waals surface area contributed by atoms with Gasteiger partial charge < -0.3 is 4.90 Å². The molecule has 1 aromatic heterocycles. The molecule has 0 spiro atoms. The minimum Gasteiger partial charge on any atom is -0.342 e. The lowest BCUT2D eigenvalue weighted by atomic mass is 9.98. The normalized spacial score (nSPS) is 15.5. The van der Waals surface area contributed by atoms with Gasteiger partial charge in [0, 0.05) is 30.0 Å². The van der Waals surface area contributed by atoms with Gasteiger partial charge in [-0.1, -0.05) is 30.3 Å². The van der Waals surface area contributed by atoms with Gasteiger partial charge in [-0.2, -0.15) is 5.26 Å². The molecular formula is C17H17N3OS. The van der Waals surface area contributed by atoms with Crippen molar-refractivity contribution in [3.63, 3.8) is 0 Å². The number of nitriles is 1. The topological polar surface area (TPSA) is 57.0 Å². The molecule has 2 heterocycles. The van der Waals surface area contributed by atoms with E-state index in [1.165, 1.54) is 0 Å². The molecule has 1 aliphatic heterocycles. The first-order valence-corrected chi connectivity index (χ1v) is 8.31. The summed E-state index contributed by atoms with van der Waals surface area (Å²) in [5.74, 6) is 0.217. The fourth-order valence-corrected chi connectivity index (χ4v) is 3.45. The Balaban J connectivity index is 1.61. The first kappa shape index (κ1) is 14.7. The Morgan fingerprint density at radius 3 is 2.73 bits per heavy atom. The lowest BCUT2D eigenvalue weighted by Gasteiger charge is -2.29. The van der Waals surface area contributed by atoms with Crippen molar-refractivity contribution in [2.75, 3.05) is 13.1 Å². The van der Waals surface area contributed by atoms with Crippen molar-refractivity contribution in [2.24, 2.45) is 5.92 Å². The zero-order valence-corrected chi connectivity index (χ0v) is 13.1. The van der Waals surface area contributed by atoms with Crippen molar-refractivity contribution in [1.82, 2.24) is 9.88 Å². The molecule has 4 nitrogen and oxygen atoms in total. The highest BCUT2D eigenvalue weighted by molar-refractivity contribution is 7.13. The molecule has 0 N–H and O–H groups in total. The van der Waals surface area contributed by atoms with Gasteiger partial charge in [-0.25, -0.2) is 4.98 Å². The van der Waals surface area contributed by atoms with Crippen LogP contribution in [0, 0.1) is 17.2 Å². The van der Waals surface area contributed by atoms with Crippen LogP contribution in [-0.2, 0) is 11.2 Å². The Labute approximate surface area is 134 Å². The summed E-state index contributed by atoms with van der Waals surface area (Å²) in [4.78, 5) is 18.7. The number of piperidine rings is 1. The third-order valence-corrected chi connectivity index (χ3v) is 4.88. The van der Waals surface area contributed by atoms with E-state index in [9.17, 15) is 4.79 Å². The van der Waals surface area contributed by atoms with Crippen LogP contribution in [0.5, 0.6) is 0 Å². The minimum absolute atomic E-state index is 0.105. The second kappa shape index (κ2) is 6.71. The number of carbonyl (C=O) groups is 1. The van der Waals surface area contributed by atoms with Crippen LogP contribution in [0.3, 0.4) is 0 Å². The van der Waals surface area contributed by atoms with E-state index >= 15 is 0 Å². The number of likely N-dealkylation sites (tertiary alicyclic amines) is 1. The van der Waals surface area contributed by atoms with E-state index in [1.54, 1.807) is 11.3 Å². The molecule has 0 bridgehead atoms. The molecule has 1 amide bonds. The number of hydrogen-bond acceptors (Lipinski definition) is 4. The highest BCUT2D eigenvalue weighted by atomic mass is 32.1. The van der Waals surface area contributed by atoms with Gasteiger partial charge in [-0.15, -0.1) is 11.3 Å². The maximum atomic E-state index is 12.3. The van der Waals surface area contributed by atoms with Crippen molar-refractivity contribution in [3.05, 3.63) is 41.4 Å². The van der Waals surface area contributed by atoms with Crippen LogP contribution < -0.4 is 0 Å². The summed E-state index contributed by atoms with van der Waals surface area (Å²) in [5, 5.41) is 11.8. The summed E-state index contributed by atoms with van der Waals surface area (Å²) >= 11 is 1.57. The quantitative estimate of drug-likeness (QED) is 0.875. The van der Waals surface area contributed by atoms with Crippen molar-refractivity contribution in [2.45, 2.75) is 19.3 Å². The molecule has 1 aromatic carbocycles. The number of benzene rings is 1. The van der Waals surface area contributed by atoms with Crippen LogP contribution >= 0.6 is 11.3 Å². The number of nitrogens with zero attached hydrogens (tertiary/aromatic N) is 3. The smallest absolute Gasteiger partial charge is 0.228 e. The summed E-state index contributed by atoms with van der Waals surface area (Å²) < 4.78 is 0. The van der Waals surface area contributed by atoms with E-state index in [0.717, 1.165) is 29.1 Å². The molecule has 22 heavy (non-hydrogen) atoms. The predicted molar refractivity (Wildman–Crippen MR) is 86.2 cm³/mol. The zero-order valence-electron chi connectivity index (χ0n) is 12.2. The molecule has 1 aliphatic rings. The average molecular weight is 311 g/mol. The average Bonchev–Trinajstić information content (AvgIpc) is 3.04. The summed E-state index contributed by atoms with van der Waals surface area (Å²) in [6, 6.07) is 12.3. The van der Waals surface area contributed by atoms with Crippen LogP contribution in [0.2, 0.25) is 0 Å². The fraction of sp³-hybridized carbons (Fsp3) is 0.353. The minimum atomic E-state index is 0.105. The van der Waals surface area contributed by atoms with Gasteiger partial charge in [0.25, 0.3) is 0 Å². The van der Waals surface area contributed by atoms with Crippen molar-refractivity contribution < 1.29 is 4.79 Å². The second-order valence-corrected chi connectivity index (χ2v) is 6.33. The zero-order chi connectivity index (χ0) is 15.4. The number of carbonyl (C=O) groups excluding carboxylic acids is 1. The van der Waals surface area contributed by atoms with E-state index < -0.39 is 0 Å². The van der Waals surface area contributed by atoms with Crippen LogP contribution in [-0.4, -0.2) is 28.9 Å². The van der Waals surface area contributed by atoms with Gasteiger partial charge >= 0.3 is 0 Å². The van der Waals surface area contributed by atoms with Crippen LogP contribution in [0.15, 0.2) is 35.7 Å². The third-order valence-electron chi connectivity index (χ3n) is 3.94. The highest BCUT2D eigenvalue weighted by Gasteiger charge is 2.23. The Morgan fingerprint density at radius 1 is 1.32 bits per heavy atom. The SMILES string of the molecule is N#CC1CCN(C(=O)Cc2csc(-c3ccccc3)n2)CC1. The number of rotatable bonds is 3. The van der Waals surface area contributed by atoms with Crippen molar-refractivity contribution >= 4 is 17.2 Å². The van der Waals surface area contributed by atoms with Crippen molar-refractivity contribution in [3.8, 4) is 16.6 Å². The molecule has 0 unspecified atom stereocenters. The van der Waals surface area contributed by atoms with Gasteiger partial charge in [0.15, 0.2) is 0 Å². The van der Waals surface area contributed by atoms with Crippen LogP contribution in [0.1, 0.15) is 18.5 Å². The van der Waals surface area contributed by atoms with Gasteiger partial charge in [0.05, 0.1) is 18.2 Å². The van der Waals surface area contributed by atoms with Gasteiger partial charge in [0.1, 0.15) is 5.01 Å². The Bertz CT molecular complexity index is 681. The molecular weight excluding hydrogens is 294 g/mol. The maximum absolute atomic E-state index is 12.3. The van der Waals surface area contributed by atoms with E-state index in [1.807, 2.05) is 40.6 Å². The summed E-state index contributed by atoms with van der Waals surface area (Å²) in [7, 11) is 0. The molecule has 5 heteroatoms. The Hall–Kier alpha value is -2.19. The molecule has 0 saturated carbocycles. The molecule has 0 radical (unpaired) electrons. The predicted octanol–water partition coefficient (Wildman–Crippen LogP) is 3.11. The summed E-state index contributed by atoms with van der Waals surface area (Å²) in [5.41, 5.74) is 1.91. The number of aromatic nitrogens is 1. The Kier molecular flexibility index (Phi) is 4.50. The lowest BCUT2D eigenvalue weighted by Crippen LogP contribution is -2.39. The van der Waals surface area contributed by atoms with E-state index in [2.05, 4.69) is 11.1 Å². The standard InChI is InChI=1S/C17H17N3OS/c18-11-13-6-8-20(9-7-13)16(21)10-15-12-22-17(19-15)14-4-2-1-3-5-14/h1-5,12-13H,6-10H2. The molecule has 0 aliphatic carbocycles. The van der Waals surface area contributed by atoms with Gasteiger partial charge in [-0.05, 0) is 12.8 Å². The van der Waals surface area contributed by atoms with E-state index in [-0.39, 0.29) is 11.8 Å². The molecule has 2 aromatic rings. The van der Waals surface area contributed by atoms with Crippen molar-refractivity contribution in [1.29, 1.82) is 5.26 Å². The lowest BCUT2D eigenvalue weighted by molar-refractivity contribution is -0.131. The Morgan fingerprint density at radius 2 is 2.05 bits per heavy atom. The molecule has 3 rings (SSSR count). The van der Waals surface area contributed by atoms with Crippen LogP contribution in [0.4, 0.5) is 0 Å².